The number of nitrogens with zero attached hydrogens (tertiary/aromatic N) is 1. The molecule has 0 unspecified atom stereocenters. The first-order valence-electron chi connectivity index (χ1n) is 4.07. The van der Waals surface area contributed by atoms with Gasteiger partial charge in [0.15, 0.2) is 5.75 Å². The molecule has 0 spiro atoms. The quantitative estimate of drug-likeness (QED) is 0.350. The second-order valence-corrected chi connectivity index (χ2v) is 2.89. The summed E-state index contributed by atoms with van der Waals surface area (Å²) < 4.78 is 52.4. The van der Waals surface area contributed by atoms with Gasteiger partial charge in [0.2, 0.25) is 0 Å². The first-order chi connectivity index (χ1) is 7.29. The number of benzene rings is 1. The van der Waals surface area contributed by atoms with Crippen molar-refractivity contribution >= 4 is 12.7 Å². The van der Waals surface area contributed by atoms with Gasteiger partial charge in [-0.05, 0) is 6.07 Å². The summed E-state index contributed by atoms with van der Waals surface area (Å²) in [5, 5.41) is 10.4. The predicted octanol–water partition coefficient (Wildman–Crippen LogP) is 2.50. The average Bonchev–Trinajstić information content (AvgIpc) is 2.13. The van der Waals surface area contributed by atoms with Gasteiger partial charge >= 0.3 is 12.7 Å². The Labute approximate surface area is 87.0 Å². The predicted molar refractivity (Wildman–Crippen MR) is 47.6 cm³/mol. The highest BCUT2D eigenvalue weighted by Gasteiger charge is 2.26. The van der Waals surface area contributed by atoms with Gasteiger partial charge in [-0.15, -0.1) is 0 Å². The van der Waals surface area contributed by atoms with Crippen LogP contribution in [0.3, 0.4) is 0 Å². The molecule has 0 amide bonds. The van der Waals surface area contributed by atoms with Crippen molar-refractivity contribution in [3.63, 3.8) is 0 Å². The topological polar surface area (TPSA) is 52.4 Å². The smallest absolute Gasteiger partial charge is 0.515 e. The number of rotatable bonds is 4. The first kappa shape index (κ1) is 12.3. The van der Waals surface area contributed by atoms with E-state index in [2.05, 4.69) is 4.74 Å². The summed E-state index contributed by atoms with van der Waals surface area (Å²) in [7, 11) is 0. The van der Waals surface area contributed by atoms with Crippen molar-refractivity contribution in [1.29, 1.82) is 0 Å². The van der Waals surface area contributed by atoms with E-state index < -0.39 is 35.7 Å². The summed E-state index contributed by atoms with van der Waals surface area (Å²) in [6.07, 6.45) is 0. The molecule has 4 nitrogen and oxygen atoms in total. The molecule has 0 aliphatic heterocycles. The molecular weight excluding hydrogens is 233 g/mol. The van der Waals surface area contributed by atoms with Gasteiger partial charge in [-0.25, -0.2) is 4.39 Å². The molecule has 0 atom stereocenters. The van der Waals surface area contributed by atoms with Crippen LogP contribution in [0.25, 0.3) is 0 Å². The lowest BCUT2D eigenvalue weighted by atomic mass is 9.95. The lowest BCUT2D eigenvalue weighted by molar-refractivity contribution is -0.385. The Morgan fingerprint density at radius 1 is 1.38 bits per heavy atom. The molecule has 0 aliphatic carbocycles. The van der Waals surface area contributed by atoms with E-state index in [4.69, 9.17) is 0 Å². The summed E-state index contributed by atoms with van der Waals surface area (Å²) in [6, 6.07) is 2.05. The molecule has 0 saturated carbocycles. The maximum absolute atomic E-state index is 12.7. The molecule has 0 fully saturated rings. The minimum atomic E-state index is -5.24. The Kier molecular flexibility index (Phi) is 3.36. The molecule has 0 heterocycles. The normalized spacial score (nSPS) is 11.2. The molecule has 1 aromatic carbocycles. The molecule has 16 heavy (non-hydrogen) atoms. The van der Waals surface area contributed by atoms with Crippen LogP contribution in [0, 0.1) is 15.9 Å². The van der Waals surface area contributed by atoms with Crippen molar-refractivity contribution in [1.82, 2.24) is 0 Å². The van der Waals surface area contributed by atoms with E-state index >= 15 is 0 Å². The Morgan fingerprint density at radius 2 is 2.00 bits per heavy atom. The van der Waals surface area contributed by atoms with Crippen LogP contribution in [0.5, 0.6) is 5.75 Å². The zero-order valence-corrected chi connectivity index (χ0v) is 7.70. The minimum absolute atomic E-state index is 0.542. The summed E-state index contributed by atoms with van der Waals surface area (Å²) in [5.41, 5.74) is -0.707. The van der Waals surface area contributed by atoms with Gasteiger partial charge in [-0.2, -0.15) is 0 Å². The number of nitro groups is 1. The van der Waals surface area contributed by atoms with Crippen molar-refractivity contribution in [3.05, 3.63) is 34.1 Å². The third-order valence-corrected chi connectivity index (χ3v) is 1.55. The maximum atomic E-state index is 12.7. The Balaban J connectivity index is 2.93. The lowest BCUT2D eigenvalue weighted by Crippen LogP contribution is -2.26. The number of hydrogen-bond donors (Lipinski definition) is 0. The fourth-order valence-electron chi connectivity index (χ4n) is 0.939. The maximum Gasteiger partial charge on any atom is 0.515 e. The van der Waals surface area contributed by atoms with Gasteiger partial charge in [0, 0.05) is 12.1 Å². The highest BCUT2D eigenvalue weighted by Crippen LogP contribution is 2.28. The Morgan fingerprint density at radius 3 is 2.50 bits per heavy atom. The standard InChI is InChI=1S/C7H5BF4NO3/c9-5-1-2-6(13(14)15)7(3-5)16-4-8(10,11)12/h1-3H,4H2/q-1. The summed E-state index contributed by atoms with van der Waals surface area (Å²) in [5.74, 6) is -1.64. The van der Waals surface area contributed by atoms with Crippen molar-refractivity contribution in [2.75, 3.05) is 6.51 Å². The SMILES string of the molecule is O=[N+]([O-])c1ccc(F)cc1OC[B-](F)(F)F. The van der Waals surface area contributed by atoms with Gasteiger partial charge in [0.1, 0.15) is 5.82 Å². The van der Waals surface area contributed by atoms with E-state index in [9.17, 15) is 27.5 Å². The van der Waals surface area contributed by atoms with E-state index in [1.165, 1.54) is 0 Å². The molecule has 0 N–H and O–H groups in total. The van der Waals surface area contributed by atoms with E-state index in [0.29, 0.717) is 6.07 Å². The number of halogens is 4. The molecule has 1 aromatic rings. The second kappa shape index (κ2) is 4.37. The lowest BCUT2D eigenvalue weighted by Gasteiger charge is -2.14. The zero-order chi connectivity index (χ0) is 12.3. The largest absolute Gasteiger partial charge is 0.517 e. The van der Waals surface area contributed by atoms with Crippen molar-refractivity contribution in [3.8, 4) is 5.75 Å². The Hall–Kier alpha value is -1.80. The van der Waals surface area contributed by atoms with Gasteiger partial charge in [-0.3, -0.25) is 10.1 Å². The fraction of sp³-hybridized carbons (Fsp3) is 0.143. The third kappa shape index (κ3) is 3.41. The van der Waals surface area contributed by atoms with Gasteiger partial charge in [0.25, 0.3) is 0 Å². The van der Waals surface area contributed by atoms with E-state index in [1.54, 1.807) is 0 Å². The molecule has 0 saturated heterocycles. The molecule has 9 heteroatoms. The summed E-state index contributed by atoms with van der Waals surface area (Å²) in [6.45, 7) is -6.89. The van der Waals surface area contributed by atoms with Crippen LogP contribution in [0.1, 0.15) is 0 Å². The summed E-state index contributed by atoms with van der Waals surface area (Å²) in [4.78, 5) is 9.44. The number of nitro benzene ring substituents is 1. The molecule has 88 valence electrons. The second-order valence-electron chi connectivity index (χ2n) is 2.89. The third-order valence-electron chi connectivity index (χ3n) is 1.55. The monoisotopic (exact) mass is 238 g/mol. The molecule has 0 radical (unpaired) electrons. The summed E-state index contributed by atoms with van der Waals surface area (Å²) >= 11 is 0. The number of ether oxygens (including phenoxy) is 1. The first-order valence-corrected chi connectivity index (χ1v) is 4.07. The van der Waals surface area contributed by atoms with Crippen molar-refractivity contribution < 1.29 is 27.0 Å². The molecule has 1 rings (SSSR count). The fourth-order valence-corrected chi connectivity index (χ4v) is 0.939. The van der Waals surface area contributed by atoms with Crippen LogP contribution in [-0.2, 0) is 0 Å². The zero-order valence-electron chi connectivity index (χ0n) is 7.70. The van der Waals surface area contributed by atoms with Crippen LogP contribution >= 0.6 is 0 Å². The van der Waals surface area contributed by atoms with E-state index in [-0.39, 0.29) is 0 Å². The van der Waals surface area contributed by atoms with Crippen LogP contribution in [0.15, 0.2) is 18.2 Å². The van der Waals surface area contributed by atoms with Crippen LogP contribution in [0.2, 0.25) is 0 Å². The minimum Gasteiger partial charge on any atom is -0.517 e. The highest BCUT2D eigenvalue weighted by molar-refractivity contribution is 6.58. The highest BCUT2D eigenvalue weighted by atomic mass is 19.4. The Bertz CT molecular complexity index is 409. The van der Waals surface area contributed by atoms with E-state index in [0.717, 1.165) is 12.1 Å². The van der Waals surface area contributed by atoms with Crippen molar-refractivity contribution in [2.24, 2.45) is 0 Å². The number of hydrogen-bond acceptors (Lipinski definition) is 3. The average molecular weight is 238 g/mol. The van der Waals surface area contributed by atoms with Crippen LogP contribution < -0.4 is 4.74 Å². The van der Waals surface area contributed by atoms with Crippen molar-refractivity contribution in [2.45, 2.75) is 0 Å². The molecule has 0 bridgehead atoms. The van der Waals surface area contributed by atoms with E-state index in [1.807, 2.05) is 0 Å². The van der Waals surface area contributed by atoms with Crippen LogP contribution in [0.4, 0.5) is 23.0 Å². The van der Waals surface area contributed by atoms with Crippen LogP contribution in [-0.4, -0.2) is 18.4 Å². The molecular formula is C7H5BF4NO3-. The molecule has 0 aliphatic rings. The molecule has 0 aromatic heterocycles. The van der Waals surface area contributed by atoms with Gasteiger partial charge < -0.3 is 17.7 Å². The van der Waals surface area contributed by atoms with Gasteiger partial charge in [-0.1, -0.05) is 0 Å². The van der Waals surface area contributed by atoms with Gasteiger partial charge in [0.05, 0.1) is 11.4 Å².